The molecule has 2 N–H and O–H groups in total. The van der Waals surface area contributed by atoms with Gasteiger partial charge in [0, 0.05) is 15.7 Å². The van der Waals surface area contributed by atoms with Crippen LogP contribution in [0.25, 0.3) is 22.2 Å². The van der Waals surface area contributed by atoms with E-state index in [-0.39, 0.29) is 0 Å². The minimum Gasteiger partial charge on any atom is -0.398 e. The summed E-state index contributed by atoms with van der Waals surface area (Å²) in [5, 5.41) is 5.93. The van der Waals surface area contributed by atoms with Gasteiger partial charge in [0.25, 0.3) is 5.89 Å². The van der Waals surface area contributed by atoms with Crippen LogP contribution in [0.2, 0.25) is 0 Å². The maximum absolute atomic E-state index is 5.82. The minimum absolute atomic E-state index is 0.470. The number of nitrogens with two attached hydrogens (primary N) is 1. The van der Waals surface area contributed by atoms with Crippen LogP contribution in [0, 0.1) is 0 Å². The van der Waals surface area contributed by atoms with Gasteiger partial charge in [0.15, 0.2) is 0 Å². The van der Waals surface area contributed by atoms with E-state index in [0.29, 0.717) is 17.4 Å². The van der Waals surface area contributed by atoms with Gasteiger partial charge in [-0.1, -0.05) is 11.2 Å². The molecule has 0 spiro atoms. The van der Waals surface area contributed by atoms with Crippen molar-refractivity contribution in [1.82, 2.24) is 10.1 Å². The van der Waals surface area contributed by atoms with E-state index in [1.807, 2.05) is 29.6 Å². The van der Waals surface area contributed by atoms with Gasteiger partial charge in [0.1, 0.15) is 0 Å². The van der Waals surface area contributed by atoms with Gasteiger partial charge in [-0.3, -0.25) is 0 Å². The van der Waals surface area contributed by atoms with Crippen LogP contribution >= 0.6 is 27.3 Å². The smallest absolute Gasteiger partial charge is 0.258 e. The SMILES string of the molecule is Nc1cc(-c2nc(-c3cccs3)no2)ccc1Br. The summed E-state index contributed by atoms with van der Waals surface area (Å²) in [6.45, 7) is 0. The number of thiophene rings is 1. The predicted octanol–water partition coefficient (Wildman–Crippen LogP) is 3.81. The van der Waals surface area contributed by atoms with E-state index in [1.165, 1.54) is 0 Å². The third-order valence-electron chi connectivity index (χ3n) is 2.41. The zero-order valence-corrected chi connectivity index (χ0v) is 11.5. The van der Waals surface area contributed by atoms with Crippen molar-refractivity contribution in [1.29, 1.82) is 0 Å². The van der Waals surface area contributed by atoms with Gasteiger partial charge < -0.3 is 10.3 Å². The summed E-state index contributed by atoms with van der Waals surface area (Å²) in [5.41, 5.74) is 7.28. The fraction of sp³-hybridized carbons (Fsp3) is 0. The number of rotatable bonds is 2. The Morgan fingerprint density at radius 1 is 1.28 bits per heavy atom. The molecule has 18 heavy (non-hydrogen) atoms. The fourth-order valence-electron chi connectivity index (χ4n) is 1.52. The molecule has 4 nitrogen and oxygen atoms in total. The lowest BCUT2D eigenvalue weighted by molar-refractivity contribution is 0.432. The highest BCUT2D eigenvalue weighted by atomic mass is 79.9. The molecule has 0 radical (unpaired) electrons. The van der Waals surface area contributed by atoms with E-state index >= 15 is 0 Å². The molecule has 0 bridgehead atoms. The molecular weight excluding hydrogens is 314 g/mol. The second-order valence-electron chi connectivity index (χ2n) is 3.64. The number of hydrogen-bond acceptors (Lipinski definition) is 5. The van der Waals surface area contributed by atoms with Crippen molar-refractivity contribution < 1.29 is 4.52 Å². The zero-order chi connectivity index (χ0) is 12.5. The molecule has 3 rings (SSSR count). The van der Waals surface area contributed by atoms with Crippen molar-refractivity contribution >= 4 is 33.0 Å². The molecule has 6 heteroatoms. The number of nitrogen functional groups attached to an aromatic ring is 1. The first-order valence-corrected chi connectivity index (χ1v) is 6.84. The number of nitrogens with zero attached hydrogens (tertiary/aromatic N) is 2. The van der Waals surface area contributed by atoms with E-state index in [2.05, 4.69) is 26.1 Å². The number of benzene rings is 1. The Labute approximate surface area is 116 Å². The Bertz CT molecular complexity index is 678. The standard InChI is InChI=1S/C12H8BrN3OS/c13-8-4-3-7(6-9(8)14)12-15-11(16-17-12)10-2-1-5-18-10/h1-6H,14H2. The Hall–Kier alpha value is -1.66. The first kappa shape index (κ1) is 11.4. The van der Waals surface area contributed by atoms with Crippen molar-refractivity contribution in [2.75, 3.05) is 5.73 Å². The maximum Gasteiger partial charge on any atom is 0.258 e. The van der Waals surface area contributed by atoms with Gasteiger partial charge in [-0.15, -0.1) is 11.3 Å². The summed E-state index contributed by atoms with van der Waals surface area (Å²) < 4.78 is 6.10. The number of halogens is 1. The van der Waals surface area contributed by atoms with Gasteiger partial charge in [0.2, 0.25) is 5.82 Å². The van der Waals surface area contributed by atoms with Gasteiger partial charge in [-0.2, -0.15) is 4.98 Å². The molecular formula is C12H8BrN3OS. The number of anilines is 1. The Morgan fingerprint density at radius 2 is 2.17 bits per heavy atom. The lowest BCUT2D eigenvalue weighted by atomic mass is 10.2. The summed E-state index contributed by atoms with van der Waals surface area (Å²) in [6, 6.07) is 9.45. The van der Waals surface area contributed by atoms with Crippen LogP contribution in [-0.2, 0) is 0 Å². The number of hydrogen-bond donors (Lipinski definition) is 1. The van der Waals surface area contributed by atoms with Crippen molar-refractivity contribution in [3.63, 3.8) is 0 Å². The van der Waals surface area contributed by atoms with Crippen LogP contribution in [0.3, 0.4) is 0 Å². The molecule has 1 aromatic carbocycles. The molecule has 0 aliphatic rings. The van der Waals surface area contributed by atoms with Crippen LogP contribution in [0.5, 0.6) is 0 Å². The normalized spacial score (nSPS) is 10.7. The first-order valence-electron chi connectivity index (χ1n) is 5.17. The minimum atomic E-state index is 0.470. The Kier molecular flexibility index (Phi) is 2.89. The zero-order valence-electron chi connectivity index (χ0n) is 9.13. The lowest BCUT2D eigenvalue weighted by Gasteiger charge is -1.99. The molecule has 2 heterocycles. The number of aromatic nitrogens is 2. The van der Waals surface area contributed by atoms with Gasteiger partial charge in [-0.25, -0.2) is 0 Å². The van der Waals surface area contributed by atoms with Gasteiger partial charge >= 0.3 is 0 Å². The van der Waals surface area contributed by atoms with E-state index in [0.717, 1.165) is 14.9 Å². The van der Waals surface area contributed by atoms with E-state index in [4.69, 9.17) is 10.3 Å². The van der Waals surface area contributed by atoms with Crippen LogP contribution in [-0.4, -0.2) is 10.1 Å². The molecule has 0 unspecified atom stereocenters. The highest BCUT2D eigenvalue weighted by Gasteiger charge is 2.11. The average Bonchev–Trinajstić information content (AvgIpc) is 3.01. The summed E-state index contributed by atoms with van der Waals surface area (Å²) in [6.07, 6.45) is 0. The van der Waals surface area contributed by atoms with E-state index in [9.17, 15) is 0 Å². The molecule has 0 atom stereocenters. The molecule has 0 aliphatic heterocycles. The Balaban J connectivity index is 2.00. The summed E-state index contributed by atoms with van der Waals surface area (Å²) in [4.78, 5) is 5.34. The quantitative estimate of drug-likeness (QED) is 0.729. The van der Waals surface area contributed by atoms with E-state index < -0.39 is 0 Å². The van der Waals surface area contributed by atoms with Crippen LogP contribution in [0.1, 0.15) is 0 Å². The molecule has 0 saturated carbocycles. The summed E-state index contributed by atoms with van der Waals surface area (Å²) in [5.74, 6) is 1.07. The van der Waals surface area contributed by atoms with Crippen molar-refractivity contribution in [3.8, 4) is 22.2 Å². The Morgan fingerprint density at radius 3 is 2.89 bits per heavy atom. The van der Waals surface area contributed by atoms with Crippen LogP contribution in [0.4, 0.5) is 5.69 Å². The third-order valence-corrected chi connectivity index (χ3v) is 4.00. The third kappa shape index (κ3) is 2.04. The highest BCUT2D eigenvalue weighted by Crippen LogP contribution is 2.28. The summed E-state index contributed by atoms with van der Waals surface area (Å²) >= 11 is 4.92. The lowest BCUT2D eigenvalue weighted by Crippen LogP contribution is -1.87. The second kappa shape index (κ2) is 4.55. The molecule has 0 aliphatic carbocycles. The second-order valence-corrected chi connectivity index (χ2v) is 5.44. The van der Waals surface area contributed by atoms with Crippen LogP contribution < -0.4 is 5.73 Å². The molecule has 2 aromatic heterocycles. The fourth-order valence-corrected chi connectivity index (χ4v) is 2.42. The molecule has 0 saturated heterocycles. The molecule has 0 amide bonds. The molecule has 90 valence electrons. The molecule has 3 aromatic rings. The van der Waals surface area contributed by atoms with E-state index in [1.54, 1.807) is 17.4 Å². The monoisotopic (exact) mass is 321 g/mol. The highest BCUT2D eigenvalue weighted by molar-refractivity contribution is 9.10. The topological polar surface area (TPSA) is 64.9 Å². The molecule has 0 fully saturated rings. The van der Waals surface area contributed by atoms with Gasteiger partial charge in [0.05, 0.1) is 4.88 Å². The maximum atomic E-state index is 5.82. The van der Waals surface area contributed by atoms with Crippen molar-refractivity contribution in [3.05, 3.63) is 40.2 Å². The first-order chi connectivity index (χ1) is 8.74. The average molecular weight is 322 g/mol. The van der Waals surface area contributed by atoms with Crippen LogP contribution in [0.15, 0.2) is 44.7 Å². The summed E-state index contributed by atoms with van der Waals surface area (Å²) in [7, 11) is 0. The van der Waals surface area contributed by atoms with Crippen molar-refractivity contribution in [2.45, 2.75) is 0 Å². The largest absolute Gasteiger partial charge is 0.398 e. The van der Waals surface area contributed by atoms with Crippen molar-refractivity contribution in [2.24, 2.45) is 0 Å². The van der Waals surface area contributed by atoms with Gasteiger partial charge in [-0.05, 0) is 45.6 Å². The predicted molar refractivity (Wildman–Crippen MR) is 75.2 cm³/mol.